The smallest absolute Gasteiger partial charge is 0.240 e. The molecule has 1 aromatic rings. The van der Waals surface area contributed by atoms with E-state index < -0.39 is 0 Å². The predicted octanol–water partition coefficient (Wildman–Crippen LogP) is 2.56. The lowest BCUT2D eigenvalue weighted by Crippen LogP contribution is -2.43. The number of benzene rings is 1. The number of anilines is 1. The molecule has 1 unspecified atom stereocenters. The highest BCUT2D eigenvalue weighted by atomic mass is 16.2. The first-order valence-electron chi connectivity index (χ1n) is 9.09. The van der Waals surface area contributed by atoms with Crippen molar-refractivity contribution in [3.8, 4) is 0 Å². The Morgan fingerprint density at radius 3 is 2.88 bits per heavy atom. The van der Waals surface area contributed by atoms with E-state index in [1.807, 2.05) is 18.2 Å². The first-order chi connectivity index (χ1) is 11.6. The summed E-state index contributed by atoms with van der Waals surface area (Å²) in [5.41, 5.74) is 9.03. The predicted molar refractivity (Wildman–Crippen MR) is 94.3 cm³/mol. The number of fused-ring (bicyclic) bond motifs is 1. The molecule has 1 fully saturated rings. The molecule has 0 radical (unpaired) electrons. The van der Waals surface area contributed by atoms with Crippen LogP contribution in [0.15, 0.2) is 18.2 Å². The summed E-state index contributed by atoms with van der Waals surface area (Å²) >= 11 is 0. The quantitative estimate of drug-likeness (QED) is 0.837. The monoisotopic (exact) mass is 329 g/mol. The molecule has 1 aliphatic carbocycles. The Labute approximate surface area is 143 Å². The third kappa shape index (κ3) is 4.08. The number of amides is 2. The Bertz CT molecular complexity index is 615. The third-order valence-corrected chi connectivity index (χ3v) is 5.07. The molecule has 130 valence electrons. The summed E-state index contributed by atoms with van der Waals surface area (Å²) in [6.45, 7) is 0.879. The van der Waals surface area contributed by atoms with Gasteiger partial charge in [-0.1, -0.05) is 18.9 Å². The van der Waals surface area contributed by atoms with Gasteiger partial charge in [0.15, 0.2) is 0 Å². The minimum Gasteiger partial charge on any atom is -0.399 e. The summed E-state index contributed by atoms with van der Waals surface area (Å²) in [7, 11) is 0. The van der Waals surface area contributed by atoms with E-state index in [0.29, 0.717) is 13.0 Å². The van der Waals surface area contributed by atoms with Crippen LogP contribution in [0.4, 0.5) is 5.69 Å². The Kier molecular flexibility index (Phi) is 5.38. The van der Waals surface area contributed by atoms with Crippen LogP contribution in [0.25, 0.3) is 0 Å². The number of hydrogen-bond donors (Lipinski definition) is 2. The summed E-state index contributed by atoms with van der Waals surface area (Å²) < 4.78 is 0. The van der Waals surface area contributed by atoms with Gasteiger partial charge >= 0.3 is 0 Å². The van der Waals surface area contributed by atoms with E-state index in [0.717, 1.165) is 50.6 Å². The summed E-state index contributed by atoms with van der Waals surface area (Å²) in [5.74, 6) is 0.0558. The molecular formula is C19H27N3O2. The number of carbonyl (C=O) groups is 2. The van der Waals surface area contributed by atoms with Crippen molar-refractivity contribution in [1.29, 1.82) is 0 Å². The molecule has 1 saturated heterocycles. The van der Waals surface area contributed by atoms with E-state index in [2.05, 4.69) is 5.32 Å². The molecule has 0 bridgehead atoms. The van der Waals surface area contributed by atoms with Gasteiger partial charge in [0.05, 0.1) is 12.6 Å². The maximum atomic E-state index is 12.5. The highest BCUT2D eigenvalue weighted by Crippen LogP contribution is 2.30. The second kappa shape index (κ2) is 7.69. The molecule has 2 aliphatic rings. The molecule has 3 N–H and O–H groups in total. The van der Waals surface area contributed by atoms with Crippen molar-refractivity contribution in [2.45, 2.75) is 57.4 Å². The van der Waals surface area contributed by atoms with E-state index in [1.165, 1.54) is 11.1 Å². The standard InChI is InChI=1S/C19H27N3O2/c20-15-9-10-16-14(12-15)6-5-7-17(16)21-18(23)13-22-11-4-2-1-3-8-19(22)24/h9-10,12,17H,1-8,11,13,20H2,(H,21,23). The number of hydrogen-bond acceptors (Lipinski definition) is 3. The molecule has 5 heteroatoms. The van der Waals surface area contributed by atoms with Crippen LogP contribution >= 0.6 is 0 Å². The topological polar surface area (TPSA) is 75.4 Å². The van der Waals surface area contributed by atoms with E-state index in [1.54, 1.807) is 4.90 Å². The zero-order valence-corrected chi connectivity index (χ0v) is 14.2. The lowest BCUT2D eigenvalue weighted by Gasteiger charge is -2.29. The summed E-state index contributed by atoms with van der Waals surface area (Å²) in [5, 5.41) is 3.12. The van der Waals surface area contributed by atoms with Crippen molar-refractivity contribution >= 4 is 17.5 Å². The number of nitrogens with zero attached hydrogens (tertiary/aromatic N) is 1. The number of likely N-dealkylation sites (tertiary alicyclic amines) is 1. The average molecular weight is 329 g/mol. The Morgan fingerprint density at radius 2 is 2.00 bits per heavy atom. The van der Waals surface area contributed by atoms with Crippen LogP contribution in [0.2, 0.25) is 0 Å². The molecule has 0 aromatic heterocycles. The molecule has 1 heterocycles. The van der Waals surface area contributed by atoms with Crippen LogP contribution in [0.1, 0.15) is 62.1 Å². The minimum atomic E-state index is -0.0569. The fraction of sp³-hybridized carbons (Fsp3) is 0.579. The Hall–Kier alpha value is -2.04. The molecule has 1 atom stereocenters. The molecule has 0 spiro atoms. The number of carbonyl (C=O) groups excluding carboxylic acids is 2. The van der Waals surface area contributed by atoms with E-state index >= 15 is 0 Å². The number of aryl methyl sites for hydroxylation is 1. The van der Waals surface area contributed by atoms with Gasteiger partial charge in [-0.25, -0.2) is 0 Å². The molecule has 5 nitrogen and oxygen atoms in total. The molecule has 3 rings (SSSR count). The highest BCUT2D eigenvalue weighted by Gasteiger charge is 2.24. The number of nitrogen functional groups attached to an aromatic ring is 1. The van der Waals surface area contributed by atoms with Crippen molar-refractivity contribution in [1.82, 2.24) is 10.2 Å². The summed E-state index contributed by atoms with van der Waals surface area (Å²) in [6, 6.07) is 5.96. The van der Waals surface area contributed by atoms with Gasteiger partial charge in [0, 0.05) is 18.7 Å². The summed E-state index contributed by atoms with van der Waals surface area (Å²) in [4.78, 5) is 26.4. The van der Waals surface area contributed by atoms with Gasteiger partial charge in [0.1, 0.15) is 0 Å². The van der Waals surface area contributed by atoms with E-state index in [9.17, 15) is 9.59 Å². The lowest BCUT2D eigenvalue weighted by atomic mass is 9.87. The Balaban J connectivity index is 1.62. The maximum Gasteiger partial charge on any atom is 0.240 e. The fourth-order valence-electron chi connectivity index (χ4n) is 3.78. The van der Waals surface area contributed by atoms with Crippen LogP contribution < -0.4 is 11.1 Å². The van der Waals surface area contributed by atoms with Crippen LogP contribution in [-0.4, -0.2) is 29.8 Å². The maximum absolute atomic E-state index is 12.5. The summed E-state index contributed by atoms with van der Waals surface area (Å²) in [6.07, 6.45) is 7.76. The molecule has 1 aliphatic heterocycles. The van der Waals surface area contributed by atoms with Crippen molar-refractivity contribution in [2.24, 2.45) is 0 Å². The van der Waals surface area contributed by atoms with Crippen LogP contribution in [0.5, 0.6) is 0 Å². The van der Waals surface area contributed by atoms with Crippen molar-refractivity contribution in [3.63, 3.8) is 0 Å². The SMILES string of the molecule is Nc1ccc2c(c1)CCCC2NC(=O)CN1CCCCCCC1=O. The molecule has 1 aromatic carbocycles. The molecular weight excluding hydrogens is 302 g/mol. The first kappa shape index (κ1) is 16.8. The van der Waals surface area contributed by atoms with Gasteiger partial charge in [-0.05, 0) is 55.4 Å². The molecule has 24 heavy (non-hydrogen) atoms. The van der Waals surface area contributed by atoms with E-state index in [4.69, 9.17) is 5.73 Å². The van der Waals surface area contributed by atoms with Crippen molar-refractivity contribution < 1.29 is 9.59 Å². The zero-order valence-electron chi connectivity index (χ0n) is 14.2. The van der Waals surface area contributed by atoms with Gasteiger partial charge in [0.2, 0.25) is 11.8 Å². The number of rotatable bonds is 3. The second-order valence-corrected chi connectivity index (χ2v) is 6.95. The largest absolute Gasteiger partial charge is 0.399 e. The molecule has 2 amide bonds. The highest BCUT2D eigenvalue weighted by molar-refractivity contribution is 5.85. The number of nitrogens with one attached hydrogen (secondary N) is 1. The van der Waals surface area contributed by atoms with Gasteiger partial charge in [0.25, 0.3) is 0 Å². The van der Waals surface area contributed by atoms with E-state index in [-0.39, 0.29) is 24.4 Å². The first-order valence-corrected chi connectivity index (χ1v) is 9.09. The normalized spacial score (nSPS) is 21.6. The van der Waals surface area contributed by atoms with Crippen molar-refractivity contribution in [3.05, 3.63) is 29.3 Å². The van der Waals surface area contributed by atoms with Gasteiger partial charge in [-0.15, -0.1) is 0 Å². The van der Waals surface area contributed by atoms with Crippen LogP contribution in [-0.2, 0) is 16.0 Å². The van der Waals surface area contributed by atoms with Crippen molar-refractivity contribution in [2.75, 3.05) is 18.8 Å². The zero-order chi connectivity index (χ0) is 16.9. The van der Waals surface area contributed by atoms with Crippen LogP contribution in [0.3, 0.4) is 0 Å². The molecule has 0 saturated carbocycles. The fourth-order valence-corrected chi connectivity index (χ4v) is 3.78. The van der Waals surface area contributed by atoms with Gasteiger partial charge < -0.3 is 16.0 Å². The second-order valence-electron chi connectivity index (χ2n) is 6.95. The van der Waals surface area contributed by atoms with Gasteiger partial charge in [-0.2, -0.15) is 0 Å². The Morgan fingerprint density at radius 1 is 1.17 bits per heavy atom. The lowest BCUT2D eigenvalue weighted by molar-refractivity contribution is -0.136. The minimum absolute atomic E-state index is 0.0340. The third-order valence-electron chi connectivity index (χ3n) is 5.07. The number of nitrogens with two attached hydrogens (primary N) is 1. The average Bonchev–Trinajstić information content (AvgIpc) is 2.54. The van der Waals surface area contributed by atoms with Crippen LogP contribution in [0, 0.1) is 0 Å². The van der Waals surface area contributed by atoms with Gasteiger partial charge in [-0.3, -0.25) is 9.59 Å².